The average Bonchev–Trinajstić information content (AvgIpc) is 2.39. The Morgan fingerprint density at radius 1 is 1.17 bits per heavy atom. The average molecular weight is 254 g/mol. The van der Waals surface area contributed by atoms with Gasteiger partial charge in [0, 0.05) is 19.5 Å². The van der Waals surface area contributed by atoms with E-state index in [0.29, 0.717) is 0 Å². The molecule has 0 aromatic heterocycles. The van der Waals surface area contributed by atoms with Crippen molar-refractivity contribution in [1.29, 1.82) is 0 Å². The maximum Gasteiger partial charge on any atom is 0.303 e. The summed E-state index contributed by atoms with van der Waals surface area (Å²) >= 11 is 0. The molecule has 2 aliphatic rings. The number of nitrogens with one attached hydrogen (secondary N) is 1. The first-order valence-electron chi connectivity index (χ1n) is 6.91. The number of likely N-dealkylation sites (tertiary alicyclic amines) is 1. The standard InChI is InChI=1S/C13H22N2O3/c16-12(17)9-10-4-7-15(8-5-10)13(18)11-3-1-2-6-14-11/h10-11,14H,1-9H2,(H,16,17)/t11-/m0/s1. The maximum absolute atomic E-state index is 12.2. The van der Waals surface area contributed by atoms with Crippen LogP contribution in [0.5, 0.6) is 0 Å². The third kappa shape index (κ3) is 3.45. The van der Waals surface area contributed by atoms with Crippen molar-refractivity contribution in [3.63, 3.8) is 0 Å². The molecule has 0 radical (unpaired) electrons. The lowest BCUT2D eigenvalue weighted by Crippen LogP contribution is -2.50. The summed E-state index contributed by atoms with van der Waals surface area (Å²) < 4.78 is 0. The van der Waals surface area contributed by atoms with Gasteiger partial charge in [0.2, 0.25) is 5.91 Å². The summed E-state index contributed by atoms with van der Waals surface area (Å²) in [5.41, 5.74) is 0. The van der Waals surface area contributed by atoms with Crippen LogP contribution in [0.1, 0.15) is 38.5 Å². The molecule has 2 heterocycles. The summed E-state index contributed by atoms with van der Waals surface area (Å²) in [6.45, 7) is 2.37. The Kier molecular flexibility index (Phi) is 4.58. The number of nitrogens with zero attached hydrogens (tertiary/aromatic N) is 1. The topological polar surface area (TPSA) is 69.6 Å². The second kappa shape index (κ2) is 6.18. The van der Waals surface area contributed by atoms with Gasteiger partial charge in [-0.15, -0.1) is 0 Å². The second-order valence-corrected chi connectivity index (χ2v) is 5.37. The number of hydrogen-bond acceptors (Lipinski definition) is 3. The minimum atomic E-state index is -0.728. The van der Waals surface area contributed by atoms with Gasteiger partial charge >= 0.3 is 5.97 Å². The molecule has 2 rings (SSSR count). The van der Waals surface area contributed by atoms with Gasteiger partial charge in [0.1, 0.15) is 0 Å². The zero-order valence-corrected chi connectivity index (χ0v) is 10.7. The van der Waals surface area contributed by atoms with Crippen LogP contribution in [0.25, 0.3) is 0 Å². The van der Waals surface area contributed by atoms with Gasteiger partial charge in [-0.3, -0.25) is 9.59 Å². The van der Waals surface area contributed by atoms with Crippen LogP contribution in [0.2, 0.25) is 0 Å². The molecule has 0 bridgehead atoms. The van der Waals surface area contributed by atoms with Crippen LogP contribution in [0.3, 0.4) is 0 Å². The van der Waals surface area contributed by atoms with Crippen LogP contribution in [0.4, 0.5) is 0 Å². The van der Waals surface area contributed by atoms with Gasteiger partial charge in [-0.05, 0) is 38.1 Å². The second-order valence-electron chi connectivity index (χ2n) is 5.37. The van der Waals surface area contributed by atoms with E-state index in [0.717, 1.165) is 51.7 Å². The number of carbonyl (C=O) groups excluding carboxylic acids is 1. The van der Waals surface area contributed by atoms with Crippen LogP contribution in [-0.4, -0.2) is 47.6 Å². The van der Waals surface area contributed by atoms with E-state index in [9.17, 15) is 9.59 Å². The zero-order valence-electron chi connectivity index (χ0n) is 10.7. The van der Waals surface area contributed by atoms with Crippen molar-refractivity contribution in [2.24, 2.45) is 5.92 Å². The van der Waals surface area contributed by atoms with Gasteiger partial charge in [0.15, 0.2) is 0 Å². The van der Waals surface area contributed by atoms with Gasteiger partial charge in [-0.25, -0.2) is 0 Å². The Morgan fingerprint density at radius 2 is 1.89 bits per heavy atom. The third-order valence-electron chi connectivity index (χ3n) is 4.00. The number of rotatable bonds is 3. The number of carboxylic acids is 1. The monoisotopic (exact) mass is 254 g/mol. The summed E-state index contributed by atoms with van der Waals surface area (Å²) in [5, 5.41) is 12.0. The maximum atomic E-state index is 12.2. The molecule has 0 spiro atoms. The Hall–Kier alpha value is -1.10. The number of carboxylic acid groups (broad SMARTS) is 1. The van der Waals surface area contributed by atoms with E-state index in [2.05, 4.69) is 5.32 Å². The molecular weight excluding hydrogens is 232 g/mol. The van der Waals surface area contributed by atoms with Crippen LogP contribution >= 0.6 is 0 Å². The molecule has 5 nitrogen and oxygen atoms in total. The molecule has 0 aliphatic carbocycles. The highest BCUT2D eigenvalue weighted by atomic mass is 16.4. The van der Waals surface area contributed by atoms with E-state index in [1.807, 2.05) is 4.90 Å². The molecule has 0 saturated carbocycles. The smallest absolute Gasteiger partial charge is 0.303 e. The molecule has 2 N–H and O–H groups in total. The van der Waals surface area contributed by atoms with Crippen molar-refractivity contribution >= 4 is 11.9 Å². The highest BCUT2D eigenvalue weighted by Gasteiger charge is 2.29. The summed E-state index contributed by atoms with van der Waals surface area (Å²) in [4.78, 5) is 24.8. The first kappa shape index (κ1) is 13.3. The molecule has 0 aromatic carbocycles. The molecule has 0 aromatic rings. The van der Waals surface area contributed by atoms with Crippen LogP contribution in [0, 0.1) is 5.92 Å². The zero-order chi connectivity index (χ0) is 13.0. The van der Waals surface area contributed by atoms with Gasteiger partial charge in [0.25, 0.3) is 0 Å². The Morgan fingerprint density at radius 3 is 2.44 bits per heavy atom. The summed E-state index contributed by atoms with van der Waals surface area (Å²) in [5.74, 6) is -0.275. The van der Waals surface area contributed by atoms with Crippen molar-refractivity contribution < 1.29 is 14.7 Å². The molecule has 2 saturated heterocycles. The largest absolute Gasteiger partial charge is 0.481 e. The third-order valence-corrected chi connectivity index (χ3v) is 4.00. The minimum Gasteiger partial charge on any atom is -0.481 e. The molecule has 102 valence electrons. The molecule has 2 aliphatic heterocycles. The van der Waals surface area contributed by atoms with Gasteiger partial charge in [-0.1, -0.05) is 6.42 Å². The lowest BCUT2D eigenvalue weighted by atomic mass is 9.93. The van der Waals surface area contributed by atoms with Gasteiger partial charge in [0.05, 0.1) is 6.04 Å². The Balaban J connectivity index is 1.78. The fourth-order valence-electron chi connectivity index (χ4n) is 2.89. The number of aliphatic carboxylic acids is 1. The summed E-state index contributed by atoms with van der Waals surface area (Å²) in [7, 11) is 0. The van der Waals surface area contributed by atoms with E-state index in [4.69, 9.17) is 5.11 Å². The van der Waals surface area contributed by atoms with E-state index < -0.39 is 5.97 Å². The van der Waals surface area contributed by atoms with Crippen LogP contribution < -0.4 is 5.32 Å². The summed E-state index contributed by atoms with van der Waals surface area (Å²) in [6.07, 6.45) is 5.11. The molecule has 2 fully saturated rings. The molecule has 5 heteroatoms. The SMILES string of the molecule is O=C(O)CC1CCN(C(=O)[C@@H]2CCCCN2)CC1. The normalized spacial score (nSPS) is 26.0. The van der Waals surface area contributed by atoms with E-state index in [1.165, 1.54) is 0 Å². The van der Waals surface area contributed by atoms with E-state index in [-0.39, 0.29) is 24.3 Å². The molecule has 1 amide bonds. The fourth-order valence-corrected chi connectivity index (χ4v) is 2.89. The highest BCUT2D eigenvalue weighted by Crippen LogP contribution is 2.21. The first-order chi connectivity index (χ1) is 8.66. The molecule has 1 atom stereocenters. The van der Waals surface area contributed by atoms with Crippen LogP contribution in [0.15, 0.2) is 0 Å². The highest BCUT2D eigenvalue weighted by molar-refractivity contribution is 5.82. The van der Waals surface area contributed by atoms with Crippen molar-refractivity contribution in [2.45, 2.75) is 44.6 Å². The van der Waals surface area contributed by atoms with Crippen molar-refractivity contribution in [3.8, 4) is 0 Å². The lowest BCUT2D eigenvalue weighted by molar-refractivity contribution is -0.139. The van der Waals surface area contributed by atoms with E-state index in [1.54, 1.807) is 0 Å². The molecule has 0 unspecified atom stereocenters. The van der Waals surface area contributed by atoms with Crippen molar-refractivity contribution in [3.05, 3.63) is 0 Å². The summed E-state index contributed by atoms with van der Waals surface area (Å²) in [6, 6.07) is -0.00484. The number of piperidine rings is 2. The molecule has 18 heavy (non-hydrogen) atoms. The first-order valence-corrected chi connectivity index (χ1v) is 6.91. The minimum absolute atomic E-state index is 0.00484. The van der Waals surface area contributed by atoms with Gasteiger partial charge in [-0.2, -0.15) is 0 Å². The van der Waals surface area contributed by atoms with Gasteiger partial charge < -0.3 is 15.3 Å². The van der Waals surface area contributed by atoms with Crippen molar-refractivity contribution in [1.82, 2.24) is 10.2 Å². The number of amides is 1. The molecular formula is C13H22N2O3. The Bertz CT molecular complexity index is 305. The Labute approximate surface area is 108 Å². The van der Waals surface area contributed by atoms with Crippen LogP contribution in [-0.2, 0) is 9.59 Å². The lowest BCUT2D eigenvalue weighted by Gasteiger charge is -2.35. The van der Waals surface area contributed by atoms with Crippen molar-refractivity contribution in [2.75, 3.05) is 19.6 Å². The van der Waals surface area contributed by atoms with E-state index >= 15 is 0 Å². The number of hydrogen-bond donors (Lipinski definition) is 2. The predicted molar refractivity (Wildman–Crippen MR) is 67.2 cm³/mol. The quantitative estimate of drug-likeness (QED) is 0.783. The fraction of sp³-hybridized carbons (Fsp3) is 0.846. The predicted octanol–water partition coefficient (Wildman–Crippen LogP) is 0.842. The number of carbonyl (C=O) groups is 2.